The largest absolute Gasteiger partial charge is 0.496 e. The summed E-state index contributed by atoms with van der Waals surface area (Å²) in [5.74, 6) is -0.662. The van der Waals surface area contributed by atoms with Crippen molar-refractivity contribution >= 4 is 20.9 Å². The predicted molar refractivity (Wildman–Crippen MR) is 108 cm³/mol. The molecular formula is C20H32O6P+. The Hall–Kier alpha value is -1.94. The van der Waals surface area contributed by atoms with Crippen molar-refractivity contribution in [3.63, 3.8) is 0 Å². The van der Waals surface area contributed by atoms with Gasteiger partial charge in [0.2, 0.25) is 0 Å². The molecule has 2 unspecified atom stereocenters. The quantitative estimate of drug-likeness (QED) is 0.179. The van der Waals surface area contributed by atoms with Crippen LogP contribution in [-0.4, -0.2) is 32.6 Å². The summed E-state index contributed by atoms with van der Waals surface area (Å²) in [5.41, 5.74) is 0.295. The van der Waals surface area contributed by atoms with E-state index in [0.29, 0.717) is 30.1 Å². The lowest BCUT2D eigenvalue weighted by molar-refractivity contribution is -0.147. The molecule has 0 N–H and O–H groups in total. The van der Waals surface area contributed by atoms with Crippen molar-refractivity contribution in [1.29, 1.82) is 0 Å². The molecule has 0 amide bonds. The molecule has 27 heavy (non-hydrogen) atoms. The van der Waals surface area contributed by atoms with Crippen LogP contribution in [0.15, 0.2) is 18.2 Å². The molecular weight excluding hydrogens is 367 g/mol. The molecule has 0 spiro atoms. The zero-order valence-corrected chi connectivity index (χ0v) is 18.1. The number of benzene rings is 1. The van der Waals surface area contributed by atoms with Crippen molar-refractivity contribution in [1.82, 2.24) is 0 Å². The zero-order valence-electron chi connectivity index (χ0n) is 16.9. The number of methoxy groups -OCH3 is 2. The normalized spacial score (nSPS) is 11.2. The van der Waals surface area contributed by atoms with E-state index in [4.69, 9.17) is 18.8 Å². The first-order valence-corrected chi connectivity index (χ1v) is 9.58. The van der Waals surface area contributed by atoms with Crippen LogP contribution in [0.1, 0.15) is 56.8 Å². The molecule has 0 bridgehead atoms. The van der Waals surface area contributed by atoms with E-state index in [9.17, 15) is 9.59 Å². The molecule has 0 aliphatic rings. The third kappa shape index (κ3) is 8.08. The summed E-state index contributed by atoms with van der Waals surface area (Å²) >= 11 is 0. The molecule has 0 saturated carbocycles. The van der Waals surface area contributed by atoms with Crippen LogP contribution in [0.4, 0.5) is 0 Å². The third-order valence-electron chi connectivity index (χ3n) is 3.97. The van der Waals surface area contributed by atoms with Crippen molar-refractivity contribution in [2.45, 2.75) is 46.5 Å². The molecule has 0 saturated heterocycles. The topological polar surface area (TPSA) is 78.9 Å². The van der Waals surface area contributed by atoms with Gasteiger partial charge in [0.05, 0.1) is 20.8 Å². The van der Waals surface area contributed by atoms with Crippen LogP contribution in [0, 0.1) is 11.8 Å². The number of esters is 1. The fourth-order valence-corrected chi connectivity index (χ4v) is 2.68. The average molecular weight is 399 g/mol. The second-order valence-electron chi connectivity index (χ2n) is 6.46. The number of carbonyl (C=O) groups is 2. The SMILES string of the molecule is CCCCCOC(=O)C(CC(C)C)C(=O)c1c(OC)cccc1OC.O=[PH2+]. The highest BCUT2D eigenvalue weighted by Gasteiger charge is 2.33. The van der Waals surface area contributed by atoms with Crippen LogP contribution >= 0.6 is 9.12 Å². The van der Waals surface area contributed by atoms with E-state index in [1.807, 2.05) is 13.8 Å². The van der Waals surface area contributed by atoms with Crippen molar-refractivity contribution in [3.05, 3.63) is 23.8 Å². The Morgan fingerprint density at radius 3 is 2.04 bits per heavy atom. The number of unbranched alkanes of at least 4 members (excludes halogenated alkanes) is 2. The molecule has 0 heterocycles. The molecule has 152 valence electrons. The molecule has 0 aromatic heterocycles. The second-order valence-corrected chi connectivity index (χ2v) is 6.46. The van der Waals surface area contributed by atoms with Crippen LogP contribution in [0.2, 0.25) is 0 Å². The van der Waals surface area contributed by atoms with Crippen molar-refractivity contribution in [2.24, 2.45) is 11.8 Å². The Bertz CT molecular complexity index is 566. The van der Waals surface area contributed by atoms with Gasteiger partial charge in [0.1, 0.15) is 23.0 Å². The number of rotatable bonds is 11. The Kier molecular flexibility index (Phi) is 13.1. The maximum absolute atomic E-state index is 13.1. The van der Waals surface area contributed by atoms with E-state index in [1.165, 1.54) is 23.3 Å². The third-order valence-corrected chi connectivity index (χ3v) is 3.97. The van der Waals surface area contributed by atoms with Gasteiger partial charge in [-0.3, -0.25) is 9.59 Å². The number of hydrogen-bond donors (Lipinski definition) is 0. The minimum Gasteiger partial charge on any atom is -0.496 e. The van der Waals surface area contributed by atoms with Crippen LogP contribution in [0.5, 0.6) is 11.5 Å². The van der Waals surface area contributed by atoms with E-state index in [0.717, 1.165) is 19.3 Å². The molecule has 2 atom stereocenters. The van der Waals surface area contributed by atoms with E-state index in [1.54, 1.807) is 18.2 Å². The molecule has 1 aromatic rings. The first kappa shape index (κ1) is 25.1. The van der Waals surface area contributed by atoms with Gasteiger partial charge in [-0.2, -0.15) is 0 Å². The van der Waals surface area contributed by atoms with Crippen molar-refractivity contribution in [2.75, 3.05) is 20.8 Å². The molecule has 0 fully saturated rings. The Labute approximate surface area is 164 Å². The second kappa shape index (κ2) is 14.2. The number of carbonyl (C=O) groups excluding carboxylic acids is 2. The molecule has 1 rings (SSSR count). The van der Waals surface area contributed by atoms with Crippen LogP contribution in [0.3, 0.4) is 0 Å². The van der Waals surface area contributed by atoms with Gasteiger partial charge < -0.3 is 14.2 Å². The summed E-state index contributed by atoms with van der Waals surface area (Å²) in [6.07, 6.45) is 3.27. The van der Waals surface area contributed by atoms with Gasteiger partial charge in [0.25, 0.3) is 0 Å². The molecule has 7 heteroatoms. The Morgan fingerprint density at radius 2 is 1.59 bits per heavy atom. The van der Waals surface area contributed by atoms with E-state index < -0.39 is 11.9 Å². The van der Waals surface area contributed by atoms with Gasteiger partial charge >= 0.3 is 15.1 Å². The maximum Gasteiger partial charge on any atom is 0.316 e. The fourth-order valence-electron chi connectivity index (χ4n) is 2.68. The summed E-state index contributed by atoms with van der Waals surface area (Å²) < 4.78 is 24.1. The molecule has 0 aliphatic carbocycles. The molecule has 1 aromatic carbocycles. The summed E-state index contributed by atoms with van der Waals surface area (Å²) in [4.78, 5) is 25.6. The number of ether oxygens (including phenoxy) is 3. The minimum absolute atomic E-state index is 0.179. The predicted octanol–water partition coefficient (Wildman–Crippen LogP) is 4.49. The van der Waals surface area contributed by atoms with Crippen molar-refractivity contribution in [3.8, 4) is 11.5 Å². The maximum atomic E-state index is 13.1. The molecule has 0 radical (unpaired) electrons. The molecule has 6 nitrogen and oxygen atoms in total. The number of Topliss-reactive ketones (excluding diaryl/α,β-unsaturated/α-hetero) is 1. The van der Waals surface area contributed by atoms with Crippen LogP contribution < -0.4 is 9.47 Å². The summed E-state index contributed by atoms with van der Waals surface area (Å²) in [7, 11) is 4.15. The number of hydrogen-bond acceptors (Lipinski definition) is 6. The first-order valence-electron chi connectivity index (χ1n) is 9.11. The highest BCUT2D eigenvalue weighted by molar-refractivity contribution is 7.00. The standard InChI is InChI=1S/C20H30O5.H2OP/c1-6-7-8-12-25-20(22)15(13-14(2)3)19(21)18-16(23-4)10-9-11-17(18)24-5;1-2/h9-11,14-15H,6-8,12-13H2,1-5H3;2H2/q;+1. The highest BCUT2D eigenvalue weighted by atomic mass is 31.0. The van der Waals surface area contributed by atoms with Crippen LogP contribution in [-0.2, 0) is 14.1 Å². The smallest absolute Gasteiger partial charge is 0.316 e. The lowest BCUT2D eigenvalue weighted by Crippen LogP contribution is -2.28. The summed E-state index contributed by atoms with van der Waals surface area (Å²) in [6.45, 7) is 6.38. The van der Waals surface area contributed by atoms with Gasteiger partial charge in [-0.25, -0.2) is 0 Å². The van der Waals surface area contributed by atoms with E-state index in [2.05, 4.69) is 6.92 Å². The molecule has 0 aliphatic heterocycles. The lowest BCUT2D eigenvalue weighted by atomic mass is 9.89. The summed E-state index contributed by atoms with van der Waals surface area (Å²) in [5, 5.41) is 0. The lowest BCUT2D eigenvalue weighted by Gasteiger charge is -2.19. The van der Waals surface area contributed by atoms with Gasteiger partial charge in [-0.15, -0.1) is 0 Å². The Balaban J connectivity index is 0.00000326. The minimum atomic E-state index is -0.855. The van der Waals surface area contributed by atoms with Gasteiger partial charge in [0, 0.05) is 0 Å². The fraction of sp³-hybridized carbons (Fsp3) is 0.600. The number of ketones is 1. The van der Waals surface area contributed by atoms with Gasteiger partial charge in [0.15, 0.2) is 5.78 Å². The van der Waals surface area contributed by atoms with Crippen LogP contribution in [0.25, 0.3) is 0 Å². The van der Waals surface area contributed by atoms with Gasteiger partial charge in [-0.1, -0.05) is 44.2 Å². The van der Waals surface area contributed by atoms with E-state index >= 15 is 0 Å². The Morgan fingerprint density at radius 1 is 1.04 bits per heavy atom. The van der Waals surface area contributed by atoms with Crippen molar-refractivity contribution < 1.29 is 28.4 Å². The zero-order chi connectivity index (χ0) is 20.8. The van der Waals surface area contributed by atoms with E-state index in [-0.39, 0.29) is 11.7 Å². The monoisotopic (exact) mass is 399 g/mol. The summed E-state index contributed by atoms with van der Waals surface area (Å²) in [6, 6.07) is 5.12. The average Bonchev–Trinajstić information content (AvgIpc) is 2.69. The highest BCUT2D eigenvalue weighted by Crippen LogP contribution is 2.32. The van der Waals surface area contributed by atoms with Gasteiger partial charge in [-0.05, 0) is 30.9 Å². The first-order chi connectivity index (χ1) is 13.0.